The third-order valence-electron chi connectivity index (χ3n) is 7.66. The van der Waals surface area contributed by atoms with Crippen LogP contribution < -0.4 is 15.4 Å². The number of carboxylic acids is 1. The van der Waals surface area contributed by atoms with Crippen LogP contribution in [0.3, 0.4) is 0 Å². The van der Waals surface area contributed by atoms with Gasteiger partial charge in [0.2, 0.25) is 0 Å². The molecule has 0 radical (unpaired) electrons. The van der Waals surface area contributed by atoms with Gasteiger partial charge in [0.05, 0.1) is 11.3 Å². The molecule has 0 saturated carbocycles. The molecule has 3 N–H and O–H groups in total. The maximum absolute atomic E-state index is 13.5. The fraction of sp³-hybridized carbons (Fsp3) is 0.0500. The summed E-state index contributed by atoms with van der Waals surface area (Å²) < 4.78 is 6.12. The van der Waals surface area contributed by atoms with E-state index in [4.69, 9.17) is 16.3 Å². The van der Waals surface area contributed by atoms with Crippen molar-refractivity contribution >= 4 is 34.9 Å². The summed E-state index contributed by atoms with van der Waals surface area (Å²) in [6, 6.07) is 46.5. The Morgan fingerprint density at radius 1 is 0.681 bits per heavy atom. The first-order valence-electron chi connectivity index (χ1n) is 15.1. The molecule has 1 unspecified atom stereocenters. The highest BCUT2D eigenvalue weighted by molar-refractivity contribution is 6.31. The van der Waals surface area contributed by atoms with E-state index in [1.165, 1.54) is 6.07 Å². The number of aliphatic carboxylic acids is 1. The van der Waals surface area contributed by atoms with Crippen molar-refractivity contribution < 1.29 is 19.4 Å². The van der Waals surface area contributed by atoms with Crippen LogP contribution in [0.2, 0.25) is 5.02 Å². The van der Waals surface area contributed by atoms with Gasteiger partial charge in [-0.15, -0.1) is 0 Å². The zero-order valence-corrected chi connectivity index (χ0v) is 26.0. The highest BCUT2D eigenvalue weighted by Crippen LogP contribution is 2.33. The van der Waals surface area contributed by atoms with E-state index in [1.54, 1.807) is 12.1 Å². The first-order valence-corrected chi connectivity index (χ1v) is 15.5. The third-order valence-corrected chi connectivity index (χ3v) is 7.90. The highest BCUT2D eigenvalue weighted by Gasteiger charge is 2.23. The van der Waals surface area contributed by atoms with Gasteiger partial charge in [0, 0.05) is 22.7 Å². The number of halogens is 1. The lowest BCUT2D eigenvalue weighted by atomic mass is 9.99. The summed E-state index contributed by atoms with van der Waals surface area (Å²) in [6.07, 6.45) is 0.0911. The second-order valence-electron chi connectivity index (χ2n) is 10.9. The standard InChI is InChI=1S/C40H31ClN2O4/c41-31-21-24-36(42-32-22-19-29(20-23-32)28-9-3-1-4-10-28)35(26-31)39(44)43-37(40(45)46)25-27-15-17-30(18-16-27)34-13-7-8-14-38(34)47-33-11-5-2-6-12-33/h1-24,26,37,42H,25H2,(H,43,44)(H,45,46). The Labute approximate surface area is 278 Å². The number of amides is 1. The van der Waals surface area contributed by atoms with Crippen molar-refractivity contribution in [3.05, 3.63) is 168 Å². The Morgan fingerprint density at radius 2 is 1.30 bits per heavy atom. The summed E-state index contributed by atoms with van der Waals surface area (Å²) in [5, 5.41) is 16.4. The molecule has 1 amide bonds. The predicted molar refractivity (Wildman–Crippen MR) is 188 cm³/mol. The van der Waals surface area contributed by atoms with Gasteiger partial charge in [0.25, 0.3) is 5.91 Å². The Bertz CT molecular complexity index is 1980. The van der Waals surface area contributed by atoms with Gasteiger partial charge < -0.3 is 20.5 Å². The summed E-state index contributed by atoms with van der Waals surface area (Å²) in [6.45, 7) is 0. The van der Waals surface area contributed by atoms with E-state index in [0.29, 0.717) is 16.5 Å². The van der Waals surface area contributed by atoms with E-state index in [9.17, 15) is 14.7 Å². The van der Waals surface area contributed by atoms with Crippen LogP contribution in [0.1, 0.15) is 15.9 Å². The van der Waals surface area contributed by atoms with Gasteiger partial charge in [0.1, 0.15) is 17.5 Å². The normalized spacial score (nSPS) is 11.3. The molecule has 0 bridgehead atoms. The van der Waals surface area contributed by atoms with Crippen LogP contribution in [-0.2, 0) is 11.2 Å². The lowest BCUT2D eigenvalue weighted by molar-refractivity contribution is -0.139. The average molecular weight is 639 g/mol. The number of carbonyl (C=O) groups is 2. The molecule has 6 aromatic carbocycles. The largest absolute Gasteiger partial charge is 0.480 e. The maximum Gasteiger partial charge on any atom is 0.326 e. The Morgan fingerprint density at radius 3 is 2.00 bits per heavy atom. The van der Waals surface area contributed by atoms with E-state index in [0.717, 1.165) is 39.3 Å². The highest BCUT2D eigenvalue weighted by atomic mass is 35.5. The summed E-state index contributed by atoms with van der Waals surface area (Å²) in [5.41, 5.74) is 6.25. The van der Waals surface area contributed by atoms with E-state index in [2.05, 4.69) is 10.6 Å². The van der Waals surface area contributed by atoms with Gasteiger partial charge in [-0.3, -0.25) is 4.79 Å². The van der Waals surface area contributed by atoms with Crippen LogP contribution in [0, 0.1) is 0 Å². The number of hydrogen-bond acceptors (Lipinski definition) is 4. The smallest absolute Gasteiger partial charge is 0.326 e. The topological polar surface area (TPSA) is 87.7 Å². The molecule has 47 heavy (non-hydrogen) atoms. The third kappa shape index (κ3) is 7.87. The van der Waals surface area contributed by atoms with Gasteiger partial charge in [-0.2, -0.15) is 0 Å². The molecule has 0 saturated heterocycles. The van der Waals surface area contributed by atoms with Crippen molar-refractivity contribution in [3.8, 4) is 33.8 Å². The quantitative estimate of drug-likeness (QED) is 0.131. The molecule has 6 nitrogen and oxygen atoms in total. The van der Waals surface area contributed by atoms with Gasteiger partial charge in [-0.05, 0) is 70.8 Å². The van der Waals surface area contributed by atoms with E-state index >= 15 is 0 Å². The molecule has 0 aliphatic heterocycles. The van der Waals surface area contributed by atoms with Crippen LogP contribution in [0.4, 0.5) is 11.4 Å². The van der Waals surface area contributed by atoms with Gasteiger partial charge in [-0.25, -0.2) is 4.79 Å². The summed E-state index contributed by atoms with van der Waals surface area (Å²) in [7, 11) is 0. The van der Waals surface area contributed by atoms with Gasteiger partial charge in [-0.1, -0.05) is 115 Å². The molecule has 0 aliphatic rings. The second kappa shape index (κ2) is 14.5. The van der Waals surface area contributed by atoms with Crippen molar-refractivity contribution in [1.29, 1.82) is 0 Å². The maximum atomic E-state index is 13.5. The Hall–Kier alpha value is -5.85. The zero-order valence-electron chi connectivity index (χ0n) is 25.3. The lowest BCUT2D eigenvalue weighted by Gasteiger charge is -2.18. The number of benzene rings is 6. The first kappa shape index (κ1) is 31.1. The van der Waals surface area contributed by atoms with Gasteiger partial charge in [0.15, 0.2) is 0 Å². The van der Waals surface area contributed by atoms with Crippen molar-refractivity contribution in [2.45, 2.75) is 12.5 Å². The molecule has 0 fully saturated rings. The predicted octanol–water partition coefficient (Wildman–Crippen LogP) is 9.64. The number of ether oxygens (including phenoxy) is 1. The monoisotopic (exact) mass is 638 g/mol. The van der Waals surface area contributed by atoms with Crippen LogP contribution >= 0.6 is 11.6 Å². The van der Waals surface area contributed by atoms with Crippen LogP contribution in [0.5, 0.6) is 11.5 Å². The number of nitrogens with one attached hydrogen (secondary N) is 2. The minimum atomic E-state index is -1.17. The van der Waals surface area contributed by atoms with Crippen LogP contribution in [-0.4, -0.2) is 23.0 Å². The van der Waals surface area contributed by atoms with Crippen molar-refractivity contribution in [2.24, 2.45) is 0 Å². The van der Waals surface area contributed by atoms with E-state index in [-0.39, 0.29) is 12.0 Å². The first-order chi connectivity index (χ1) is 22.9. The summed E-state index contributed by atoms with van der Waals surface area (Å²) in [4.78, 5) is 25.8. The minimum absolute atomic E-state index is 0.0911. The van der Waals surface area contributed by atoms with Crippen molar-refractivity contribution in [2.75, 3.05) is 5.32 Å². The van der Waals surface area contributed by atoms with Gasteiger partial charge >= 0.3 is 5.97 Å². The minimum Gasteiger partial charge on any atom is -0.480 e. The Kier molecular flexibility index (Phi) is 9.61. The molecule has 0 heterocycles. The Balaban J connectivity index is 1.15. The SMILES string of the molecule is O=C(NC(Cc1ccc(-c2ccccc2Oc2ccccc2)cc1)C(=O)O)c1cc(Cl)ccc1Nc1ccc(-c2ccccc2)cc1. The second-order valence-corrected chi connectivity index (χ2v) is 11.4. The number of para-hydroxylation sites is 2. The molecular weight excluding hydrogens is 608 g/mol. The van der Waals surface area contributed by atoms with E-state index < -0.39 is 17.9 Å². The number of anilines is 2. The number of hydrogen-bond donors (Lipinski definition) is 3. The number of carbonyl (C=O) groups excluding carboxylic acids is 1. The molecular formula is C40H31ClN2O4. The molecule has 6 aromatic rings. The molecule has 0 spiro atoms. The number of rotatable bonds is 11. The summed E-state index contributed by atoms with van der Waals surface area (Å²) in [5.74, 6) is -0.250. The molecule has 6 rings (SSSR count). The molecule has 0 aromatic heterocycles. The molecule has 7 heteroatoms. The molecule has 232 valence electrons. The lowest BCUT2D eigenvalue weighted by Crippen LogP contribution is -2.42. The number of carboxylic acid groups (broad SMARTS) is 1. The van der Waals surface area contributed by atoms with Crippen molar-refractivity contribution in [1.82, 2.24) is 5.32 Å². The zero-order chi connectivity index (χ0) is 32.6. The van der Waals surface area contributed by atoms with Crippen LogP contribution in [0.15, 0.2) is 152 Å². The molecule has 0 aliphatic carbocycles. The summed E-state index contributed by atoms with van der Waals surface area (Å²) >= 11 is 6.27. The fourth-order valence-electron chi connectivity index (χ4n) is 5.25. The van der Waals surface area contributed by atoms with Crippen molar-refractivity contribution in [3.63, 3.8) is 0 Å². The van der Waals surface area contributed by atoms with E-state index in [1.807, 2.05) is 133 Å². The average Bonchev–Trinajstić information content (AvgIpc) is 3.10. The fourth-order valence-corrected chi connectivity index (χ4v) is 5.42. The van der Waals surface area contributed by atoms with Crippen LogP contribution in [0.25, 0.3) is 22.3 Å². The molecule has 1 atom stereocenters.